The Morgan fingerprint density at radius 3 is 2.53 bits per heavy atom. The number of ether oxygens (including phenoxy) is 1. The fourth-order valence-corrected chi connectivity index (χ4v) is 1.65. The molecule has 1 rings (SSSR count). The topological polar surface area (TPSA) is 26.3 Å². The molecule has 0 fully saturated rings. The van der Waals surface area contributed by atoms with E-state index in [-0.39, 0.29) is 23.6 Å². The van der Waals surface area contributed by atoms with Crippen molar-refractivity contribution in [1.82, 2.24) is 0 Å². The van der Waals surface area contributed by atoms with Crippen molar-refractivity contribution in [1.29, 1.82) is 0 Å². The van der Waals surface area contributed by atoms with Crippen LogP contribution < -0.4 is 0 Å². The summed E-state index contributed by atoms with van der Waals surface area (Å²) in [7, 11) is 0. The van der Waals surface area contributed by atoms with Crippen molar-refractivity contribution in [3.63, 3.8) is 0 Å². The fraction of sp³-hybridized carbons (Fsp3) is 0.364. The van der Waals surface area contributed by atoms with Crippen LogP contribution in [0.15, 0.2) is 29.2 Å². The number of hydrogen-bond acceptors (Lipinski definition) is 3. The number of carbonyl (C=O) groups is 1. The second-order valence-electron chi connectivity index (χ2n) is 3.28. The highest BCUT2D eigenvalue weighted by molar-refractivity contribution is 8.00. The predicted octanol–water partition coefficient (Wildman–Crippen LogP) is 2.87. The summed E-state index contributed by atoms with van der Waals surface area (Å²) in [5.41, 5.74) is 0. The maximum atomic E-state index is 12.6. The molecule has 0 bridgehead atoms. The Hall–Kier alpha value is -1.03. The fourth-order valence-electron chi connectivity index (χ4n) is 0.970. The molecule has 0 saturated heterocycles. The average Bonchev–Trinajstić information content (AvgIpc) is 2.16. The lowest BCUT2D eigenvalue weighted by Gasteiger charge is -2.07. The molecule has 15 heavy (non-hydrogen) atoms. The van der Waals surface area contributed by atoms with Crippen molar-refractivity contribution in [2.45, 2.75) is 24.8 Å². The Balaban J connectivity index is 2.37. The molecule has 2 nitrogen and oxygen atoms in total. The zero-order chi connectivity index (χ0) is 11.3. The highest BCUT2D eigenvalue weighted by Crippen LogP contribution is 2.18. The van der Waals surface area contributed by atoms with E-state index in [0.29, 0.717) is 0 Å². The van der Waals surface area contributed by atoms with Gasteiger partial charge in [0.25, 0.3) is 0 Å². The van der Waals surface area contributed by atoms with Crippen molar-refractivity contribution < 1.29 is 13.9 Å². The maximum Gasteiger partial charge on any atom is 0.316 e. The molecule has 0 unspecified atom stereocenters. The quantitative estimate of drug-likeness (QED) is 0.585. The monoisotopic (exact) mass is 228 g/mol. The first-order valence-electron chi connectivity index (χ1n) is 4.66. The van der Waals surface area contributed by atoms with Gasteiger partial charge in [0.05, 0.1) is 11.9 Å². The first-order chi connectivity index (χ1) is 7.08. The van der Waals surface area contributed by atoms with E-state index in [1.165, 1.54) is 23.9 Å². The minimum atomic E-state index is -0.274. The summed E-state index contributed by atoms with van der Waals surface area (Å²) in [5.74, 6) is -0.271. The van der Waals surface area contributed by atoms with Gasteiger partial charge >= 0.3 is 5.97 Å². The normalized spacial score (nSPS) is 10.4. The summed E-state index contributed by atoms with van der Waals surface area (Å²) in [6.07, 6.45) is -0.0914. The van der Waals surface area contributed by atoms with Gasteiger partial charge in [-0.3, -0.25) is 4.79 Å². The summed E-state index contributed by atoms with van der Waals surface area (Å²) in [4.78, 5) is 12.0. The SMILES string of the molecule is CC(C)OC(=O)CSc1ccc(F)cc1. The molecule has 0 aliphatic carbocycles. The van der Waals surface area contributed by atoms with Crippen molar-refractivity contribution in [2.75, 3.05) is 5.75 Å². The van der Waals surface area contributed by atoms with E-state index in [4.69, 9.17) is 4.74 Å². The molecule has 0 saturated carbocycles. The van der Waals surface area contributed by atoms with E-state index >= 15 is 0 Å². The van der Waals surface area contributed by atoms with Crippen molar-refractivity contribution in [2.24, 2.45) is 0 Å². The van der Waals surface area contributed by atoms with Crippen LogP contribution in [0.1, 0.15) is 13.8 Å². The molecule has 0 amide bonds. The molecule has 0 spiro atoms. The Morgan fingerprint density at radius 2 is 2.00 bits per heavy atom. The van der Waals surface area contributed by atoms with Crippen LogP contribution in [0.5, 0.6) is 0 Å². The Morgan fingerprint density at radius 1 is 1.40 bits per heavy atom. The zero-order valence-electron chi connectivity index (χ0n) is 8.70. The van der Waals surface area contributed by atoms with Gasteiger partial charge in [-0.2, -0.15) is 0 Å². The molecule has 0 atom stereocenters. The summed E-state index contributed by atoms with van der Waals surface area (Å²) < 4.78 is 17.5. The molecule has 1 aromatic rings. The van der Waals surface area contributed by atoms with Gasteiger partial charge < -0.3 is 4.74 Å². The third kappa shape index (κ3) is 4.83. The van der Waals surface area contributed by atoms with E-state index in [9.17, 15) is 9.18 Å². The first kappa shape index (κ1) is 12.0. The molecule has 0 N–H and O–H groups in total. The van der Waals surface area contributed by atoms with E-state index in [2.05, 4.69) is 0 Å². The lowest BCUT2D eigenvalue weighted by molar-refractivity contribution is -0.144. The Labute approximate surface area is 92.8 Å². The van der Waals surface area contributed by atoms with E-state index in [0.717, 1.165) is 4.90 Å². The molecule has 0 radical (unpaired) electrons. The third-order valence-electron chi connectivity index (χ3n) is 1.54. The van der Waals surface area contributed by atoms with Gasteiger partial charge in [-0.1, -0.05) is 0 Å². The zero-order valence-corrected chi connectivity index (χ0v) is 9.51. The second kappa shape index (κ2) is 5.75. The van der Waals surface area contributed by atoms with Gasteiger partial charge in [-0.25, -0.2) is 4.39 Å². The van der Waals surface area contributed by atoms with Gasteiger partial charge in [-0.05, 0) is 38.1 Å². The highest BCUT2D eigenvalue weighted by atomic mass is 32.2. The summed E-state index contributed by atoms with van der Waals surface area (Å²) in [6.45, 7) is 3.61. The van der Waals surface area contributed by atoms with Crippen molar-refractivity contribution >= 4 is 17.7 Å². The number of thioether (sulfide) groups is 1. The minimum absolute atomic E-state index is 0.0914. The third-order valence-corrected chi connectivity index (χ3v) is 2.52. The van der Waals surface area contributed by atoms with Crippen LogP contribution in [0.3, 0.4) is 0 Å². The smallest absolute Gasteiger partial charge is 0.316 e. The van der Waals surface area contributed by atoms with Crippen LogP contribution in [-0.4, -0.2) is 17.8 Å². The van der Waals surface area contributed by atoms with Crippen LogP contribution in [0.2, 0.25) is 0 Å². The molecule has 4 heteroatoms. The summed E-state index contributed by atoms with van der Waals surface area (Å²) in [5, 5.41) is 0. The molecule has 82 valence electrons. The van der Waals surface area contributed by atoms with E-state index in [1.807, 2.05) is 0 Å². The van der Waals surface area contributed by atoms with Crippen LogP contribution in [0, 0.1) is 5.82 Å². The largest absolute Gasteiger partial charge is 0.462 e. The number of hydrogen-bond donors (Lipinski definition) is 0. The molecular weight excluding hydrogens is 215 g/mol. The number of halogens is 1. The van der Waals surface area contributed by atoms with Crippen molar-refractivity contribution in [3.8, 4) is 0 Å². The summed E-state index contributed by atoms with van der Waals surface area (Å²) in [6, 6.07) is 6.03. The van der Waals surface area contributed by atoms with Crippen LogP contribution in [0.25, 0.3) is 0 Å². The van der Waals surface area contributed by atoms with Gasteiger partial charge in [0.1, 0.15) is 5.82 Å². The highest BCUT2D eigenvalue weighted by Gasteiger charge is 2.06. The van der Waals surface area contributed by atoms with Gasteiger partial charge in [0.2, 0.25) is 0 Å². The molecule has 0 aromatic heterocycles. The van der Waals surface area contributed by atoms with E-state index in [1.54, 1.807) is 26.0 Å². The first-order valence-corrected chi connectivity index (χ1v) is 5.64. The van der Waals surface area contributed by atoms with Crippen LogP contribution in [0.4, 0.5) is 4.39 Å². The van der Waals surface area contributed by atoms with E-state index < -0.39 is 0 Å². The second-order valence-corrected chi connectivity index (χ2v) is 4.33. The summed E-state index contributed by atoms with van der Waals surface area (Å²) >= 11 is 1.34. The number of esters is 1. The van der Waals surface area contributed by atoms with Crippen LogP contribution in [-0.2, 0) is 9.53 Å². The van der Waals surface area contributed by atoms with Gasteiger partial charge in [-0.15, -0.1) is 11.8 Å². The predicted molar refractivity (Wildman–Crippen MR) is 58.4 cm³/mol. The Bertz CT molecular complexity index is 322. The Kier molecular flexibility index (Phi) is 4.62. The molecule has 1 aromatic carbocycles. The number of rotatable bonds is 4. The molecule has 0 aliphatic rings. The van der Waals surface area contributed by atoms with Gasteiger partial charge in [0.15, 0.2) is 0 Å². The lowest BCUT2D eigenvalue weighted by Crippen LogP contribution is -2.13. The number of benzene rings is 1. The number of carbonyl (C=O) groups excluding carboxylic acids is 1. The average molecular weight is 228 g/mol. The molecule has 0 aliphatic heterocycles. The molecular formula is C11H13FO2S. The maximum absolute atomic E-state index is 12.6. The lowest BCUT2D eigenvalue weighted by atomic mass is 10.4. The van der Waals surface area contributed by atoms with Crippen molar-refractivity contribution in [3.05, 3.63) is 30.1 Å². The molecule has 0 heterocycles. The minimum Gasteiger partial charge on any atom is -0.462 e. The van der Waals surface area contributed by atoms with Crippen LogP contribution >= 0.6 is 11.8 Å². The van der Waals surface area contributed by atoms with Gasteiger partial charge in [0, 0.05) is 4.90 Å². The standard InChI is InChI=1S/C11H13FO2S/c1-8(2)14-11(13)7-15-10-5-3-9(12)4-6-10/h3-6,8H,7H2,1-2H3.